The lowest BCUT2D eigenvalue weighted by Gasteiger charge is -2.15. The molecule has 0 aromatic carbocycles. The van der Waals surface area contributed by atoms with Crippen molar-refractivity contribution >= 4 is 0 Å². The van der Waals surface area contributed by atoms with Crippen LogP contribution in [-0.4, -0.2) is 16.0 Å². The van der Waals surface area contributed by atoms with Gasteiger partial charge in [-0.3, -0.25) is 4.79 Å². The molecule has 1 aromatic heterocycles. The van der Waals surface area contributed by atoms with E-state index in [4.69, 9.17) is 0 Å². The van der Waals surface area contributed by atoms with Crippen LogP contribution in [0.5, 0.6) is 0 Å². The number of aryl methyl sites for hydroxylation is 1. The third-order valence-corrected chi connectivity index (χ3v) is 2.92. The van der Waals surface area contributed by atoms with Gasteiger partial charge in [0, 0.05) is 11.6 Å². The summed E-state index contributed by atoms with van der Waals surface area (Å²) >= 11 is 0. The maximum Gasteiger partial charge on any atom is 0.254 e. The SMILES string of the molecule is CC(C)NCc1nc2c(c(=O)[nH]1)CCCC2. The molecule has 16 heavy (non-hydrogen) atoms. The number of aromatic nitrogens is 2. The molecule has 2 N–H and O–H groups in total. The largest absolute Gasteiger partial charge is 0.309 e. The predicted molar refractivity (Wildman–Crippen MR) is 63.5 cm³/mol. The van der Waals surface area contributed by atoms with Gasteiger partial charge in [-0.15, -0.1) is 0 Å². The van der Waals surface area contributed by atoms with Gasteiger partial charge in [-0.1, -0.05) is 13.8 Å². The van der Waals surface area contributed by atoms with Crippen LogP contribution in [0.15, 0.2) is 4.79 Å². The first-order chi connectivity index (χ1) is 7.66. The molecule has 0 spiro atoms. The number of fused-ring (bicyclic) bond motifs is 1. The van der Waals surface area contributed by atoms with Crippen LogP contribution in [0.2, 0.25) is 0 Å². The molecule has 0 radical (unpaired) electrons. The molecule has 1 aliphatic carbocycles. The molecule has 0 atom stereocenters. The van der Waals surface area contributed by atoms with E-state index >= 15 is 0 Å². The van der Waals surface area contributed by atoms with Crippen molar-refractivity contribution in [2.24, 2.45) is 0 Å². The number of hydrogen-bond donors (Lipinski definition) is 2. The molecular formula is C12H19N3O. The summed E-state index contributed by atoms with van der Waals surface area (Å²) in [7, 11) is 0. The van der Waals surface area contributed by atoms with Gasteiger partial charge < -0.3 is 10.3 Å². The Morgan fingerprint density at radius 3 is 2.88 bits per heavy atom. The highest BCUT2D eigenvalue weighted by Crippen LogP contribution is 2.15. The van der Waals surface area contributed by atoms with Crippen LogP contribution in [0.1, 0.15) is 43.8 Å². The van der Waals surface area contributed by atoms with Crippen molar-refractivity contribution in [1.82, 2.24) is 15.3 Å². The molecule has 0 aliphatic heterocycles. The van der Waals surface area contributed by atoms with Crippen molar-refractivity contribution in [3.63, 3.8) is 0 Å². The second kappa shape index (κ2) is 4.78. The second-order valence-corrected chi connectivity index (χ2v) is 4.68. The van der Waals surface area contributed by atoms with E-state index < -0.39 is 0 Å². The number of hydrogen-bond acceptors (Lipinski definition) is 3. The van der Waals surface area contributed by atoms with Crippen LogP contribution in [0.4, 0.5) is 0 Å². The van der Waals surface area contributed by atoms with Crippen LogP contribution in [-0.2, 0) is 19.4 Å². The molecule has 0 saturated carbocycles. The van der Waals surface area contributed by atoms with Gasteiger partial charge in [0.05, 0.1) is 12.2 Å². The van der Waals surface area contributed by atoms with E-state index in [0.717, 1.165) is 42.8 Å². The van der Waals surface area contributed by atoms with Gasteiger partial charge in [-0.2, -0.15) is 0 Å². The van der Waals surface area contributed by atoms with Gasteiger partial charge in [0.2, 0.25) is 0 Å². The van der Waals surface area contributed by atoms with Crippen molar-refractivity contribution in [3.8, 4) is 0 Å². The summed E-state index contributed by atoms with van der Waals surface area (Å²) in [4.78, 5) is 19.2. The first-order valence-electron chi connectivity index (χ1n) is 6.01. The minimum absolute atomic E-state index is 0.0604. The number of rotatable bonds is 3. The third kappa shape index (κ3) is 2.50. The summed E-state index contributed by atoms with van der Waals surface area (Å²) in [6.07, 6.45) is 4.10. The molecule has 1 heterocycles. The van der Waals surface area contributed by atoms with Gasteiger partial charge in [0.15, 0.2) is 0 Å². The van der Waals surface area contributed by atoms with Crippen molar-refractivity contribution in [3.05, 3.63) is 27.4 Å². The van der Waals surface area contributed by atoms with E-state index in [1.54, 1.807) is 0 Å². The molecule has 0 amide bonds. The van der Waals surface area contributed by atoms with Gasteiger partial charge in [0.25, 0.3) is 5.56 Å². The maximum absolute atomic E-state index is 11.8. The molecule has 0 unspecified atom stereocenters. The Balaban J connectivity index is 2.22. The fraction of sp³-hybridized carbons (Fsp3) is 0.667. The molecule has 4 heteroatoms. The molecule has 0 fully saturated rings. The van der Waals surface area contributed by atoms with Crippen LogP contribution >= 0.6 is 0 Å². The summed E-state index contributed by atoms with van der Waals surface area (Å²) in [5.74, 6) is 0.763. The summed E-state index contributed by atoms with van der Waals surface area (Å²) in [6, 6.07) is 0.404. The number of aromatic amines is 1. The normalized spacial score (nSPS) is 15.2. The predicted octanol–water partition coefficient (Wildman–Crippen LogP) is 1.15. The number of nitrogens with one attached hydrogen (secondary N) is 2. The topological polar surface area (TPSA) is 57.8 Å². The lowest BCUT2D eigenvalue weighted by molar-refractivity contribution is 0.562. The Bertz CT molecular complexity index is 423. The van der Waals surface area contributed by atoms with Crippen molar-refractivity contribution in [2.45, 2.75) is 52.1 Å². The third-order valence-electron chi connectivity index (χ3n) is 2.92. The maximum atomic E-state index is 11.8. The van der Waals surface area contributed by atoms with Gasteiger partial charge >= 0.3 is 0 Å². The van der Waals surface area contributed by atoms with E-state index in [0.29, 0.717) is 12.6 Å². The highest BCUT2D eigenvalue weighted by atomic mass is 16.1. The molecule has 88 valence electrons. The summed E-state index contributed by atoms with van der Waals surface area (Å²) < 4.78 is 0. The molecule has 4 nitrogen and oxygen atoms in total. The van der Waals surface area contributed by atoms with Gasteiger partial charge in [0.1, 0.15) is 5.82 Å². The Hall–Kier alpha value is -1.16. The monoisotopic (exact) mass is 221 g/mol. The average molecular weight is 221 g/mol. The second-order valence-electron chi connectivity index (χ2n) is 4.68. The zero-order chi connectivity index (χ0) is 11.5. The minimum atomic E-state index is 0.0604. The minimum Gasteiger partial charge on any atom is -0.309 e. The highest BCUT2D eigenvalue weighted by Gasteiger charge is 2.15. The summed E-state index contributed by atoms with van der Waals surface area (Å²) in [6.45, 7) is 4.80. The first kappa shape index (κ1) is 11.3. The first-order valence-corrected chi connectivity index (χ1v) is 6.01. The molecule has 0 saturated heterocycles. The number of H-pyrrole nitrogens is 1. The van der Waals surface area contributed by atoms with Crippen LogP contribution in [0, 0.1) is 0 Å². The zero-order valence-corrected chi connectivity index (χ0v) is 9.97. The highest BCUT2D eigenvalue weighted by molar-refractivity contribution is 5.20. The van der Waals surface area contributed by atoms with E-state index in [9.17, 15) is 4.79 Å². The Morgan fingerprint density at radius 1 is 1.38 bits per heavy atom. The van der Waals surface area contributed by atoms with Gasteiger partial charge in [-0.25, -0.2) is 4.98 Å². The van der Waals surface area contributed by atoms with Gasteiger partial charge in [-0.05, 0) is 25.7 Å². The Kier molecular flexibility index (Phi) is 3.39. The molecule has 0 bridgehead atoms. The Labute approximate surface area is 95.5 Å². The lowest BCUT2D eigenvalue weighted by atomic mass is 9.97. The van der Waals surface area contributed by atoms with E-state index in [1.165, 1.54) is 0 Å². The average Bonchev–Trinajstić information content (AvgIpc) is 2.26. The van der Waals surface area contributed by atoms with Crippen LogP contribution in [0.3, 0.4) is 0 Å². The number of nitrogens with zero attached hydrogens (tertiary/aromatic N) is 1. The smallest absolute Gasteiger partial charge is 0.254 e. The molecule has 1 aromatic rings. The summed E-state index contributed by atoms with van der Waals surface area (Å²) in [5.41, 5.74) is 1.97. The standard InChI is InChI=1S/C12H19N3O/c1-8(2)13-7-11-14-10-6-4-3-5-9(10)12(16)15-11/h8,13H,3-7H2,1-2H3,(H,14,15,16). The molecular weight excluding hydrogens is 202 g/mol. The lowest BCUT2D eigenvalue weighted by Crippen LogP contribution is -2.28. The zero-order valence-electron chi connectivity index (χ0n) is 9.97. The molecule has 1 aliphatic rings. The van der Waals surface area contributed by atoms with E-state index in [1.807, 2.05) is 0 Å². The molecule has 2 rings (SSSR count). The summed E-state index contributed by atoms with van der Waals surface area (Å²) in [5, 5.41) is 3.26. The van der Waals surface area contributed by atoms with Crippen molar-refractivity contribution in [2.75, 3.05) is 0 Å². The van der Waals surface area contributed by atoms with Crippen LogP contribution < -0.4 is 10.9 Å². The quantitative estimate of drug-likeness (QED) is 0.805. The van der Waals surface area contributed by atoms with Crippen molar-refractivity contribution < 1.29 is 0 Å². The van der Waals surface area contributed by atoms with E-state index in [2.05, 4.69) is 29.1 Å². The Morgan fingerprint density at radius 2 is 2.12 bits per heavy atom. The fourth-order valence-electron chi connectivity index (χ4n) is 2.04. The fourth-order valence-corrected chi connectivity index (χ4v) is 2.04. The van der Waals surface area contributed by atoms with Crippen LogP contribution in [0.25, 0.3) is 0 Å². The van der Waals surface area contributed by atoms with E-state index in [-0.39, 0.29) is 5.56 Å². The van der Waals surface area contributed by atoms with Crippen molar-refractivity contribution in [1.29, 1.82) is 0 Å².